The predicted molar refractivity (Wildman–Crippen MR) is 243 cm³/mol. The zero-order chi connectivity index (χ0) is 41.7. The van der Waals surface area contributed by atoms with Crippen LogP contribution in [0.25, 0.3) is 0 Å². The van der Waals surface area contributed by atoms with Crippen LogP contribution in [-0.4, -0.2) is 37.2 Å². The molecule has 0 N–H and O–H groups in total. The second-order valence-electron chi connectivity index (χ2n) is 17.9. The lowest BCUT2D eigenvalue weighted by Gasteiger charge is -2.18. The van der Waals surface area contributed by atoms with Crippen molar-refractivity contribution in [1.82, 2.24) is 0 Å². The molecule has 0 aliphatic carbocycles. The first-order valence-corrected chi connectivity index (χ1v) is 25.4. The normalized spacial score (nSPS) is 11.9. The van der Waals surface area contributed by atoms with Crippen LogP contribution in [0.2, 0.25) is 0 Å². The van der Waals surface area contributed by atoms with Crippen molar-refractivity contribution in [2.24, 2.45) is 5.92 Å². The highest BCUT2D eigenvalue weighted by Gasteiger charge is 2.19. The first-order chi connectivity index (χ1) is 27.9. The Bertz CT molecular complexity index is 857. The smallest absolute Gasteiger partial charge is 0.306 e. The molecule has 0 aromatic carbocycles. The van der Waals surface area contributed by atoms with E-state index in [0.29, 0.717) is 19.3 Å². The fourth-order valence-electron chi connectivity index (χ4n) is 7.69. The van der Waals surface area contributed by atoms with Crippen LogP contribution in [0.3, 0.4) is 0 Å². The minimum Gasteiger partial charge on any atom is -0.462 e. The maximum absolute atomic E-state index is 12.8. The molecule has 0 unspecified atom stereocenters. The summed E-state index contributed by atoms with van der Waals surface area (Å²) < 4.78 is 16.8. The average molecular weight is 807 g/mol. The van der Waals surface area contributed by atoms with E-state index in [2.05, 4.69) is 27.7 Å². The Labute approximate surface area is 355 Å². The lowest BCUT2D eigenvalue weighted by atomic mass is 10.0. The van der Waals surface area contributed by atoms with Crippen molar-refractivity contribution in [1.29, 1.82) is 0 Å². The summed E-state index contributed by atoms with van der Waals surface area (Å²) in [6.07, 6.45) is 46.6. The maximum atomic E-state index is 12.8. The largest absolute Gasteiger partial charge is 0.462 e. The van der Waals surface area contributed by atoms with Crippen LogP contribution in [-0.2, 0) is 28.6 Å². The minimum absolute atomic E-state index is 0.0632. The quantitative estimate of drug-likeness (QED) is 0.0346. The molecule has 0 radical (unpaired) electrons. The van der Waals surface area contributed by atoms with E-state index in [1.165, 1.54) is 180 Å². The zero-order valence-corrected chi connectivity index (χ0v) is 38.8. The molecule has 0 aromatic heterocycles. The van der Waals surface area contributed by atoms with Crippen LogP contribution < -0.4 is 0 Å². The van der Waals surface area contributed by atoms with Gasteiger partial charge >= 0.3 is 17.9 Å². The molecule has 6 nitrogen and oxygen atoms in total. The van der Waals surface area contributed by atoms with E-state index in [1.807, 2.05) is 0 Å². The average Bonchev–Trinajstić information content (AvgIpc) is 3.19. The third-order valence-electron chi connectivity index (χ3n) is 11.5. The number of unbranched alkanes of at least 4 members (excludes halogenated alkanes) is 33. The summed E-state index contributed by atoms with van der Waals surface area (Å²) in [6, 6.07) is 0. The lowest BCUT2D eigenvalue weighted by Crippen LogP contribution is -2.30. The third kappa shape index (κ3) is 45.3. The van der Waals surface area contributed by atoms with Crippen molar-refractivity contribution in [3.05, 3.63) is 0 Å². The molecule has 0 aromatic rings. The Hall–Kier alpha value is -1.59. The first kappa shape index (κ1) is 55.4. The van der Waals surface area contributed by atoms with Gasteiger partial charge in [-0.3, -0.25) is 14.4 Å². The zero-order valence-electron chi connectivity index (χ0n) is 38.8. The Morgan fingerprint density at radius 2 is 0.579 bits per heavy atom. The first-order valence-electron chi connectivity index (χ1n) is 25.4. The number of carbonyl (C=O) groups excluding carboxylic acids is 3. The molecule has 0 saturated heterocycles. The molecule has 6 heteroatoms. The molecule has 1 atom stereocenters. The number of ether oxygens (including phenoxy) is 3. The van der Waals surface area contributed by atoms with Crippen LogP contribution in [0.4, 0.5) is 0 Å². The Balaban J connectivity index is 4.29. The fourth-order valence-corrected chi connectivity index (χ4v) is 7.69. The number of carbonyl (C=O) groups is 3. The molecular formula is C51H98O6. The van der Waals surface area contributed by atoms with Crippen molar-refractivity contribution in [3.8, 4) is 0 Å². The minimum atomic E-state index is -0.760. The van der Waals surface area contributed by atoms with Gasteiger partial charge in [0.25, 0.3) is 0 Å². The lowest BCUT2D eigenvalue weighted by molar-refractivity contribution is -0.167. The summed E-state index contributed by atoms with van der Waals surface area (Å²) in [5, 5.41) is 0. The molecular weight excluding hydrogens is 709 g/mol. The van der Waals surface area contributed by atoms with Gasteiger partial charge in [-0.15, -0.1) is 0 Å². The summed E-state index contributed by atoms with van der Waals surface area (Å²) in [4.78, 5) is 37.8. The van der Waals surface area contributed by atoms with Gasteiger partial charge < -0.3 is 14.2 Å². The van der Waals surface area contributed by atoms with Crippen LogP contribution in [0.1, 0.15) is 285 Å². The summed E-state index contributed by atoms with van der Waals surface area (Å²) in [6.45, 7) is 9.00. The molecule has 0 aliphatic rings. The van der Waals surface area contributed by atoms with Crippen molar-refractivity contribution in [3.63, 3.8) is 0 Å². The van der Waals surface area contributed by atoms with E-state index in [-0.39, 0.29) is 31.1 Å². The standard InChI is InChI=1S/C51H98O6/c1-5-7-9-11-13-15-17-18-19-20-21-22-28-32-36-40-44-51(54)57-48(45-55-49(52)42-38-34-30-26-16-14-12-10-8-6-2)46-56-50(53)43-39-35-31-27-24-23-25-29-33-37-41-47(3)4/h47-48H,5-46H2,1-4H3/t48-/m1/s1. The predicted octanol–water partition coefficient (Wildman–Crippen LogP) is 16.3. The Morgan fingerprint density at radius 1 is 0.333 bits per heavy atom. The SMILES string of the molecule is CCCCCCCCCCCCCCCCCCC(=O)O[C@H](COC(=O)CCCCCCCCCCCC)COC(=O)CCCCCCCCCCCCC(C)C. The summed E-state index contributed by atoms with van der Waals surface area (Å²) in [7, 11) is 0. The van der Waals surface area contributed by atoms with Gasteiger partial charge in [-0.2, -0.15) is 0 Å². The summed E-state index contributed by atoms with van der Waals surface area (Å²) >= 11 is 0. The monoisotopic (exact) mass is 807 g/mol. The second-order valence-corrected chi connectivity index (χ2v) is 17.9. The third-order valence-corrected chi connectivity index (χ3v) is 11.5. The fraction of sp³-hybridized carbons (Fsp3) is 0.941. The van der Waals surface area contributed by atoms with Gasteiger partial charge in [0.1, 0.15) is 13.2 Å². The molecule has 0 saturated carbocycles. The Morgan fingerprint density at radius 3 is 0.860 bits per heavy atom. The molecule has 0 spiro atoms. The van der Waals surface area contributed by atoms with Crippen LogP contribution in [0.15, 0.2) is 0 Å². The highest BCUT2D eigenvalue weighted by molar-refractivity contribution is 5.71. The maximum Gasteiger partial charge on any atom is 0.306 e. The van der Waals surface area contributed by atoms with E-state index in [1.54, 1.807) is 0 Å². The molecule has 0 heterocycles. The van der Waals surface area contributed by atoms with Crippen molar-refractivity contribution in [2.45, 2.75) is 291 Å². The van der Waals surface area contributed by atoms with Gasteiger partial charge in [-0.05, 0) is 25.2 Å². The number of hydrogen-bond acceptors (Lipinski definition) is 6. The van der Waals surface area contributed by atoms with E-state index in [4.69, 9.17) is 14.2 Å². The van der Waals surface area contributed by atoms with Crippen LogP contribution >= 0.6 is 0 Å². The van der Waals surface area contributed by atoms with Gasteiger partial charge in [0.2, 0.25) is 0 Å². The topological polar surface area (TPSA) is 78.9 Å². The van der Waals surface area contributed by atoms with Crippen molar-refractivity contribution < 1.29 is 28.6 Å². The van der Waals surface area contributed by atoms with Gasteiger partial charge in [-0.1, -0.05) is 246 Å². The van der Waals surface area contributed by atoms with Gasteiger partial charge in [0, 0.05) is 19.3 Å². The highest BCUT2D eigenvalue weighted by Crippen LogP contribution is 2.17. The summed E-state index contributed by atoms with van der Waals surface area (Å²) in [5.74, 6) is -0.0290. The molecule has 0 amide bonds. The summed E-state index contributed by atoms with van der Waals surface area (Å²) in [5.41, 5.74) is 0. The molecule has 0 bridgehead atoms. The molecule has 0 fully saturated rings. The highest BCUT2D eigenvalue weighted by atomic mass is 16.6. The number of esters is 3. The number of hydrogen-bond donors (Lipinski definition) is 0. The van der Waals surface area contributed by atoms with Crippen LogP contribution in [0, 0.1) is 5.92 Å². The number of rotatable bonds is 46. The van der Waals surface area contributed by atoms with E-state index >= 15 is 0 Å². The van der Waals surface area contributed by atoms with Crippen molar-refractivity contribution >= 4 is 17.9 Å². The Kier molecular flexibility index (Phi) is 44.2. The van der Waals surface area contributed by atoms with Crippen molar-refractivity contribution in [2.75, 3.05) is 13.2 Å². The van der Waals surface area contributed by atoms with E-state index < -0.39 is 6.10 Å². The molecule has 57 heavy (non-hydrogen) atoms. The van der Waals surface area contributed by atoms with Gasteiger partial charge in [0.05, 0.1) is 0 Å². The second kappa shape index (κ2) is 45.5. The van der Waals surface area contributed by atoms with E-state index in [9.17, 15) is 14.4 Å². The van der Waals surface area contributed by atoms with E-state index in [0.717, 1.165) is 63.7 Å². The molecule has 338 valence electrons. The van der Waals surface area contributed by atoms with Gasteiger partial charge in [-0.25, -0.2) is 0 Å². The molecule has 0 rings (SSSR count). The van der Waals surface area contributed by atoms with Crippen LogP contribution in [0.5, 0.6) is 0 Å². The molecule has 0 aliphatic heterocycles. The van der Waals surface area contributed by atoms with Gasteiger partial charge in [0.15, 0.2) is 6.10 Å².